The zero-order valence-corrected chi connectivity index (χ0v) is 31.2. The van der Waals surface area contributed by atoms with E-state index in [1.54, 1.807) is 37.3 Å². The normalized spacial score (nSPS) is 10.8. The molecule has 0 aromatic heterocycles. The van der Waals surface area contributed by atoms with Gasteiger partial charge in [0.05, 0.1) is 24.9 Å². The molecule has 5 aromatic carbocycles. The lowest BCUT2D eigenvalue weighted by atomic mass is 10.1. The number of methoxy groups -OCH3 is 1. The van der Waals surface area contributed by atoms with Crippen molar-refractivity contribution in [2.45, 2.75) is 6.92 Å². The van der Waals surface area contributed by atoms with Gasteiger partial charge >= 0.3 is 5.97 Å². The Hall–Kier alpha value is -8.14. The fourth-order valence-corrected chi connectivity index (χ4v) is 5.49. The van der Waals surface area contributed by atoms with Crippen molar-refractivity contribution < 1.29 is 53.9 Å². The standard InChI is InChI=1S/C42H37N5O11/c1-23(20-24-4-15-30(48)16-5-24)38(52)45-28-10-6-25(7-11-28)39(53)43-22-35(50)44-27-12-8-26(9-13-27)41(55)47(2)33-19-18-32(36(51)37(33)58-3)40(54)46-29-14-17-31(42(56)57)34(49)21-29/h4-21,48-49,51H,22H2,1-3H3,(H,43,53)(H,44,50)(H,45,52)(H,46,54)(H,56,57)/b23-20+. The average molecular weight is 788 g/mol. The molecule has 0 spiro atoms. The van der Waals surface area contributed by atoms with Gasteiger partial charge in [0.2, 0.25) is 5.91 Å². The third-order valence-electron chi connectivity index (χ3n) is 8.58. The molecule has 0 aliphatic heterocycles. The molecule has 5 rings (SSSR count). The minimum Gasteiger partial charge on any atom is -0.508 e. The Morgan fingerprint density at radius 2 is 1.28 bits per heavy atom. The summed E-state index contributed by atoms with van der Waals surface area (Å²) in [6.45, 7) is 1.28. The number of anilines is 4. The SMILES string of the molecule is COc1c(N(C)C(=O)c2ccc(NC(=O)CNC(=O)c3ccc(NC(=O)/C(C)=C/c4ccc(O)cc4)cc3)cc2)ccc(C(=O)Nc2ccc(C(=O)O)c(O)c2)c1O. The topological polar surface area (TPSA) is 244 Å². The van der Waals surface area contributed by atoms with Crippen LogP contribution in [0.3, 0.4) is 0 Å². The Kier molecular flexibility index (Phi) is 12.7. The molecule has 0 saturated heterocycles. The molecule has 0 unspecified atom stereocenters. The fourth-order valence-electron chi connectivity index (χ4n) is 5.49. The molecule has 16 heteroatoms. The van der Waals surface area contributed by atoms with Crippen molar-refractivity contribution >= 4 is 64.3 Å². The van der Waals surface area contributed by atoms with Crippen LogP contribution in [0, 0.1) is 0 Å². The number of carboxylic acids is 1. The second-order valence-corrected chi connectivity index (χ2v) is 12.6. The molecule has 16 nitrogen and oxygen atoms in total. The number of aromatic carboxylic acids is 1. The molecular weight excluding hydrogens is 750 g/mol. The first kappa shape index (κ1) is 41.0. The Morgan fingerprint density at radius 3 is 1.88 bits per heavy atom. The first-order chi connectivity index (χ1) is 27.6. The van der Waals surface area contributed by atoms with Crippen LogP contribution >= 0.6 is 0 Å². The number of carbonyl (C=O) groups excluding carboxylic acids is 5. The Bertz CT molecular complexity index is 2430. The molecule has 0 atom stereocenters. The smallest absolute Gasteiger partial charge is 0.339 e. The van der Waals surface area contributed by atoms with Crippen LogP contribution in [-0.4, -0.2) is 76.6 Å². The predicted molar refractivity (Wildman–Crippen MR) is 215 cm³/mol. The number of hydrogen-bond donors (Lipinski definition) is 8. The zero-order valence-electron chi connectivity index (χ0n) is 31.2. The van der Waals surface area contributed by atoms with Crippen LogP contribution in [0.2, 0.25) is 0 Å². The summed E-state index contributed by atoms with van der Waals surface area (Å²) in [5, 5.41) is 49.7. The van der Waals surface area contributed by atoms with E-state index in [0.29, 0.717) is 16.9 Å². The van der Waals surface area contributed by atoms with E-state index in [1.165, 1.54) is 85.8 Å². The number of phenols is 3. The molecule has 296 valence electrons. The van der Waals surface area contributed by atoms with Crippen molar-refractivity contribution in [3.05, 3.63) is 137 Å². The maximum absolute atomic E-state index is 13.4. The van der Waals surface area contributed by atoms with Gasteiger partial charge in [0.15, 0.2) is 11.5 Å². The zero-order chi connectivity index (χ0) is 42.1. The van der Waals surface area contributed by atoms with Gasteiger partial charge in [-0.3, -0.25) is 24.0 Å². The maximum Gasteiger partial charge on any atom is 0.339 e. The number of nitrogens with zero attached hydrogens (tertiary/aromatic N) is 1. The maximum atomic E-state index is 13.4. The third-order valence-corrected chi connectivity index (χ3v) is 8.58. The number of carbonyl (C=O) groups is 6. The second kappa shape index (κ2) is 18.0. The van der Waals surface area contributed by atoms with Gasteiger partial charge in [-0.2, -0.15) is 0 Å². The van der Waals surface area contributed by atoms with Gasteiger partial charge in [-0.25, -0.2) is 4.79 Å². The highest BCUT2D eigenvalue weighted by atomic mass is 16.5. The van der Waals surface area contributed by atoms with Crippen LogP contribution in [-0.2, 0) is 9.59 Å². The van der Waals surface area contributed by atoms with Crippen LogP contribution in [0.25, 0.3) is 6.08 Å². The van der Waals surface area contributed by atoms with Crippen molar-refractivity contribution in [1.29, 1.82) is 0 Å². The number of rotatable bonds is 13. The van der Waals surface area contributed by atoms with Crippen LogP contribution < -0.4 is 30.9 Å². The van der Waals surface area contributed by atoms with E-state index >= 15 is 0 Å². The highest BCUT2D eigenvalue weighted by Gasteiger charge is 2.24. The van der Waals surface area contributed by atoms with Gasteiger partial charge in [-0.15, -0.1) is 0 Å². The van der Waals surface area contributed by atoms with Crippen LogP contribution in [0.1, 0.15) is 53.9 Å². The molecular formula is C42H37N5O11. The molecule has 58 heavy (non-hydrogen) atoms. The molecule has 0 fully saturated rings. The number of benzene rings is 5. The van der Waals surface area contributed by atoms with Gasteiger partial charge < -0.3 is 51.3 Å². The number of amides is 5. The molecule has 0 heterocycles. The first-order valence-electron chi connectivity index (χ1n) is 17.3. The number of carboxylic acid groups (broad SMARTS) is 1. The van der Waals surface area contributed by atoms with Gasteiger partial charge in [-0.05, 0) is 103 Å². The van der Waals surface area contributed by atoms with Gasteiger partial charge in [-0.1, -0.05) is 12.1 Å². The largest absolute Gasteiger partial charge is 0.508 e. The van der Waals surface area contributed by atoms with Crippen LogP contribution in [0.4, 0.5) is 22.7 Å². The molecule has 8 N–H and O–H groups in total. The van der Waals surface area contributed by atoms with E-state index in [2.05, 4.69) is 21.3 Å². The lowest BCUT2D eigenvalue weighted by Gasteiger charge is -2.22. The number of phenolic OH excluding ortho intramolecular Hbond substituents is 2. The van der Waals surface area contributed by atoms with Crippen molar-refractivity contribution in [2.24, 2.45) is 0 Å². The molecule has 0 saturated carbocycles. The molecule has 0 bridgehead atoms. The van der Waals surface area contributed by atoms with E-state index < -0.39 is 41.1 Å². The molecule has 0 radical (unpaired) electrons. The molecule has 0 aliphatic rings. The summed E-state index contributed by atoms with van der Waals surface area (Å²) in [4.78, 5) is 76.6. The summed E-state index contributed by atoms with van der Waals surface area (Å²) in [7, 11) is 2.66. The molecule has 5 amide bonds. The first-order valence-corrected chi connectivity index (χ1v) is 17.3. The predicted octanol–water partition coefficient (Wildman–Crippen LogP) is 5.45. The molecule has 0 aliphatic carbocycles. The lowest BCUT2D eigenvalue weighted by Crippen LogP contribution is -2.32. The van der Waals surface area contributed by atoms with E-state index in [-0.39, 0.29) is 57.6 Å². The van der Waals surface area contributed by atoms with E-state index in [1.807, 2.05) is 0 Å². The van der Waals surface area contributed by atoms with Crippen LogP contribution in [0.5, 0.6) is 23.0 Å². The van der Waals surface area contributed by atoms with Gasteiger partial charge in [0, 0.05) is 46.9 Å². The minimum atomic E-state index is -1.35. The summed E-state index contributed by atoms with van der Waals surface area (Å²) in [5.74, 6) is -5.33. The molecule has 5 aromatic rings. The quantitative estimate of drug-likeness (QED) is 0.0698. The fraction of sp³-hybridized carbons (Fsp3) is 0.0952. The summed E-state index contributed by atoms with van der Waals surface area (Å²) in [5.41, 5.74) is 1.99. The highest BCUT2D eigenvalue weighted by molar-refractivity contribution is 6.11. The Morgan fingerprint density at radius 1 is 0.690 bits per heavy atom. The monoisotopic (exact) mass is 787 g/mol. The second-order valence-electron chi connectivity index (χ2n) is 12.6. The van der Waals surface area contributed by atoms with E-state index in [0.717, 1.165) is 17.7 Å². The van der Waals surface area contributed by atoms with Crippen molar-refractivity contribution in [3.63, 3.8) is 0 Å². The summed E-state index contributed by atoms with van der Waals surface area (Å²) in [6, 6.07) is 24.4. The van der Waals surface area contributed by atoms with Crippen LogP contribution in [0.15, 0.2) is 109 Å². The van der Waals surface area contributed by atoms with E-state index in [4.69, 9.17) is 9.84 Å². The lowest BCUT2D eigenvalue weighted by molar-refractivity contribution is -0.115. The Balaban J connectivity index is 1.13. The summed E-state index contributed by atoms with van der Waals surface area (Å²) < 4.78 is 5.33. The minimum absolute atomic E-state index is 0.0610. The van der Waals surface area contributed by atoms with E-state index in [9.17, 15) is 44.1 Å². The van der Waals surface area contributed by atoms with Crippen molar-refractivity contribution in [1.82, 2.24) is 5.32 Å². The number of ether oxygens (including phenoxy) is 1. The summed E-state index contributed by atoms with van der Waals surface area (Å²) in [6.07, 6.45) is 1.67. The number of nitrogens with one attached hydrogen (secondary N) is 4. The highest BCUT2D eigenvalue weighted by Crippen LogP contribution is 2.40. The van der Waals surface area contributed by atoms with Gasteiger partial charge in [0.25, 0.3) is 23.6 Å². The Labute approximate surface area is 331 Å². The number of aromatic hydroxyl groups is 3. The van der Waals surface area contributed by atoms with Crippen molar-refractivity contribution in [2.75, 3.05) is 41.6 Å². The third kappa shape index (κ3) is 9.93. The number of hydrogen-bond acceptors (Lipinski definition) is 10. The average Bonchev–Trinajstić information content (AvgIpc) is 3.20. The summed E-state index contributed by atoms with van der Waals surface area (Å²) >= 11 is 0. The van der Waals surface area contributed by atoms with Crippen molar-refractivity contribution in [3.8, 4) is 23.0 Å². The van der Waals surface area contributed by atoms with Gasteiger partial charge in [0.1, 0.15) is 17.1 Å².